The third-order valence-electron chi connectivity index (χ3n) is 6.01. The molecular formula is C24H26BrN3O4S2. The number of carbonyl (C=O) groups excluding carboxylic acids is 2. The number of nitrogens with zero attached hydrogens (tertiary/aromatic N) is 2. The van der Waals surface area contributed by atoms with Crippen LogP contribution in [-0.4, -0.2) is 41.6 Å². The Labute approximate surface area is 212 Å². The van der Waals surface area contributed by atoms with E-state index in [0.717, 1.165) is 53.9 Å². The monoisotopic (exact) mass is 563 g/mol. The molecule has 1 aliphatic heterocycles. The Hall–Kier alpha value is -2.17. The fourth-order valence-corrected chi connectivity index (χ4v) is 6.86. The van der Waals surface area contributed by atoms with Gasteiger partial charge in [-0.05, 0) is 55.7 Å². The van der Waals surface area contributed by atoms with Crippen LogP contribution < -0.4 is 5.32 Å². The molecule has 1 atom stereocenters. The summed E-state index contributed by atoms with van der Waals surface area (Å²) in [7, 11) is -4.01. The van der Waals surface area contributed by atoms with Gasteiger partial charge in [0.15, 0.2) is 5.17 Å². The van der Waals surface area contributed by atoms with Crippen molar-refractivity contribution >= 4 is 60.4 Å². The molecule has 2 aromatic rings. The lowest BCUT2D eigenvalue weighted by molar-refractivity contribution is -0.130. The molecule has 34 heavy (non-hydrogen) atoms. The Balaban J connectivity index is 1.58. The van der Waals surface area contributed by atoms with E-state index in [1.165, 1.54) is 17.0 Å². The average Bonchev–Trinajstić information content (AvgIpc) is 3.10. The lowest BCUT2D eigenvalue weighted by Crippen LogP contribution is -2.42. The Morgan fingerprint density at radius 2 is 1.79 bits per heavy atom. The molecule has 0 radical (unpaired) electrons. The molecule has 2 aliphatic rings. The predicted molar refractivity (Wildman–Crippen MR) is 138 cm³/mol. The highest BCUT2D eigenvalue weighted by Crippen LogP contribution is 2.36. The fraction of sp³-hybridized carbons (Fsp3) is 0.375. The van der Waals surface area contributed by atoms with Crippen LogP contribution >= 0.6 is 27.7 Å². The number of nitrogens with one attached hydrogen (secondary N) is 1. The molecule has 2 fully saturated rings. The normalized spacial score (nSPS) is 20.6. The summed E-state index contributed by atoms with van der Waals surface area (Å²) in [6, 6.07) is 13.5. The summed E-state index contributed by atoms with van der Waals surface area (Å²) in [5, 5.41) is 2.30. The number of benzene rings is 2. The molecule has 1 saturated heterocycles. The van der Waals surface area contributed by atoms with E-state index in [9.17, 15) is 18.0 Å². The molecule has 1 unspecified atom stereocenters. The summed E-state index contributed by atoms with van der Waals surface area (Å²) in [5.41, 5.74) is 1.62. The standard InChI is InChI=1S/C24H26BrN3O4S2/c1-16-7-5-6-10-20(16)26-22(29)15-21-23(30)28(18-8-3-2-4-9-18)24(33-21)27-34(31,32)19-13-11-17(25)12-14-19/h5-7,10-14,18,21H,2-4,8-9,15H2,1H3,(H,26,29). The van der Waals surface area contributed by atoms with Crippen LogP contribution in [0.15, 0.2) is 62.3 Å². The number of anilines is 1. The Morgan fingerprint density at radius 1 is 1.12 bits per heavy atom. The number of para-hydroxylation sites is 1. The highest BCUT2D eigenvalue weighted by atomic mass is 79.9. The third-order valence-corrected chi connectivity index (χ3v) is 9.08. The number of thioether (sulfide) groups is 1. The minimum Gasteiger partial charge on any atom is -0.326 e. The van der Waals surface area contributed by atoms with E-state index in [1.54, 1.807) is 12.1 Å². The van der Waals surface area contributed by atoms with Crippen LogP contribution in [0.25, 0.3) is 0 Å². The molecule has 4 rings (SSSR count). The zero-order chi connectivity index (χ0) is 24.3. The van der Waals surface area contributed by atoms with Crippen molar-refractivity contribution in [2.24, 2.45) is 4.40 Å². The zero-order valence-corrected chi connectivity index (χ0v) is 22.0. The average molecular weight is 565 g/mol. The van der Waals surface area contributed by atoms with Gasteiger partial charge in [0.25, 0.3) is 10.0 Å². The highest BCUT2D eigenvalue weighted by molar-refractivity contribution is 9.10. The number of hydrogen-bond acceptors (Lipinski definition) is 5. The van der Waals surface area contributed by atoms with Gasteiger partial charge in [-0.25, -0.2) is 0 Å². The molecule has 1 saturated carbocycles. The number of carbonyl (C=O) groups is 2. The van der Waals surface area contributed by atoms with E-state index >= 15 is 0 Å². The minimum absolute atomic E-state index is 0.0561. The van der Waals surface area contributed by atoms with E-state index in [2.05, 4.69) is 25.6 Å². The van der Waals surface area contributed by atoms with Crippen molar-refractivity contribution in [3.8, 4) is 0 Å². The number of hydrogen-bond donors (Lipinski definition) is 1. The number of amidine groups is 1. The Kier molecular flexibility index (Phi) is 7.79. The van der Waals surface area contributed by atoms with Gasteiger partial charge in [-0.3, -0.25) is 14.5 Å². The molecule has 1 aliphatic carbocycles. The zero-order valence-electron chi connectivity index (χ0n) is 18.7. The van der Waals surface area contributed by atoms with Gasteiger partial charge in [0.2, 0.25) is 11.8 Å². The van der Waals surface area contributed by atoms with Crippen LogP contribution in [0.5, 0.6) is 0 Å². The molecule has 2 amide bonds. The lowest BCUT2D eigenvalue weighted by atomic mass is 9.94. The molecule has 2 aromatic carbocycles. The SMILES string of the molecule is Cc1ccccc1NC(=O)CC1SC(=NS(=O)(=O)c2ccc(Br)cc2)N(C2CCCCC2)C1=O. The minimum atomic E-state index is -4.01. The molecular weight excluding hydrogens is 538 g/mol. The Morgan fingerprint density at radius 3 is 2.47 bits per heavy atom. The summed E-state index contributed by atoms with van der Waals surface area (Å²) in [4.78, 5) is 27.7. The maximum absolute atomic E-state index is 13.4. The summed E-state index contributed by atoms with van der Waals surface area (Å²) >= 11 is 4.37. The fourth-order valence-electron chi connectivity index (χ4n) is 4.20. The number of halogens is 1. The van der Waals surface area contributed by atoms with Crippen LogP contribution in [0.3, 0.4) is 0 Å². The molecule has 0 spiro atoms. The first-order valence-corrected chi connectivity index (χ1v) is 14.3. The van der Waals surface area contributed by atoms with Gasteiger partial charge in [0.05, 0.1) is 4.90 Å². The second-order valence-corrected chi connectivity index (χ2v) is 12.2. The Bertz CT molecular complexity index is 1210. The molecule has 10 heteroatoms. The number of sulfonamides is 1. The van der Waals surface area contributed by atoms with Crippen molar-refractivity contribution in [1.82, 2.24) is 4.90 Å². The van der Waals surface area contributed by atoms with Gasteiger partial charge >= 0.3 is 0 Å². The van der Waals surface area contributed by atoms with Crippen molar-refractivity contribution in [3.05, 3.63) is 58.6 Å². The van der Waals surface area contributed by atoms with Crippen LogP contribution in [0.1, 0.15) is 44.1 Å². The topological polar surface area (TPSA) is 95.9 Å². The molecule has 7 nitrogen and oxygen atoms in total. The van der Waals surface area contributed by atoms with Crippen molar-refractivity contribution in [3.63, 3.8) is 0 Å². The summed E-state index contributed by atoms with van der Waals surface area (Å²) in [6.45, 7) is 1.90. The molecule has 1 N–H and O–H groups in total. The number of rotatable bonds is 6. The van der Waals surface area contributed by atoms with Gasteiger partial charge in [0, 0.05) is 22.6 Å². The van der Waals surface area contributed by atoms with E-state index in [4.69, 9.17) is 0 Å². The van der Waals surface area contributed by atoms with E-state index in [-0.39, 0.29) is 34.3 Å². The van der Waals surface area contributed by atoms with Crippen LogP contribution in [0.4, 0.5) is 5.69 Å². The van der Waals surface area contributed by atoms with Gasteiger partial charge in [-0.15, -0.1) is 4.40 Å². The van der Waals surface area contributed by atoms with Crippen LogP contribution in [0.2, 0.25) is 0 Å². The maximum Gasteiger partial charge on any atom is 0.284 e. The highest BCUT2D eigenvalue weighted by Gasteiger charge is 2.43. The predicted octanol–water partition coefficient (Wildman–Crippen LogP) is 5.11. The summed E-state index contributed by atoms with van der Waals surface area (Å²) < 4.78 is 30.9. The van der Waals surface area contributed by atoms with Crippen molar-refractivity contribution in [1.29, 1.82) is 0 Å². The quantitative estimate of drug-likeness (QED) is 0.527. The van der Waals surface area contributed by atoms with E-state index in [1.807, 2.05) is 31.2 Å². The summed E-state index contributed by atoms with van der Waals surface area (Å²) in [5.74, 6) is -0.539. The smallest absolute Gasteiger partial charge is 0.284 e. The second-order valence-electron chi connectivity index (χ2n) is 8.48. The van der Waals surface area contributed by atoms with Crippen LogP contribution in [0, 0.1) is 6.92 Å². The lowest BCUT2D eigenvalue weighted by Gasteiger charge is -2.30. The first-order chi connectivity index (χ1) is 16.2. The van der Waals surface area contributed by atoms with E-state index in [0.29, 0.717) is 5.69 Å². The second kappa shape index (κ2) is 10.6. The van der Waals surface area contributed by atoms with Gasteiger partial charge in [-0.1, -0.05) is 65.2 Å². The van der Waals surface area contributed by atoms with E-state index < -0.39 is 15.3 Å². The first-order valence-electron chi connectivity index (χ1n) is 11.2. The van der Waals surface area contributed by atoms with Gasteiger partial charge < -0.3 is 5.32 Å². The molecule has 180 valence electrons. The first kappa shape index (κ1) is 24.9. The van der Waals surface area contributed by atoms with Crippen molar-refractivity contribution in [2.75, 3.05) is 5.32 Å². The summed E-state index contributed by atoms with van der Waals surface area (Å²) in [6.07, 6.45) is 4.59. The maximum atomic E-state index is 13.4. The number of amides is 2. The molecule has 0 bridgehead atoms. The van der Waals surface area contributed by atoms with Gasteiger partial charge in [-0.2, -0.15) is 8.42 Å². The van der Waals surface area contributed by atoms with Gasteiger partial charge in [0.1, 0.15) is 5.25 Å². The molecule has 0 aromatic heterocycles. The third kappa shape index (κ3) is 5.72. The largest absolute Gasteiger partial charge is 0.326 e. The van der Waals surface area contributed by atoms with Crippen molar-refractivity contribution in [2.45, 2.75) is 61.6 Å². The van der Waals surface area contributed by atoms with Crippen molar-refractivity contribution < 1.29 is 18.0 Å². The molecule has 1 heterocycles. The van der Waals surface area contributed by atoms with Crippen LogP contribution in [-0.2, 0) is 19.6 Å². The number of aryl methyl sites for hydroxylation is 1.